The zero-order valence-electron chi connectivity index (χ0n) is 12.9. The average molecular weight is 345 g/mol. The summed E-state index contributed by atoms with van der Waals surface area (Å²) in [6.07, 6.45) is 1.49. The molecule has 0 fully saturated rings. The molecular formula is C17H13F2N3O3. The molecule has 2 heterocycles. The van der Waals surface area contributed by atoms with Crippen LogP contribution in [0.25, 0.3) is 11.5 Å². The number of halogens is 2. The highest BCUT2D eigenvalue weighted by Gasteiger charge is 2.12. The molecule has 128 valence electrons. The van der Waals surface area contributed by atoms with E-state index in [1.54, 1.807) is 12.1 Å². The van der Waals surface area contributed by atoms with Crippen LogP contribution in [0.4, 0.5) is 8.78 Å². The predicted molar refractivity (Wildman–Crippen MR) is 84.9 cm³/mol. The summed E-state index contributed by atoms with van der Waals surface area (Å²) in [4.78, 5) is 23.7. The largest absolute Gasteiger partial charge is 0.463 e. The van der Waals surface area contributed by atoms with E-state index in [4.69, 9.17) is 4.42 Å². The maximum absolute atomic E-state index is 13.5. The average Bonchev–Trinajstić information content (AvgIpc) is 3.11. The molecule has 0 saturated carbocycles. The van der Waals surface area contributed by atoms with Gasteiger partial charge in [-0.3, -0.25) is 9.59 Å². The van der Waals surface area contributed by atoms with Gasteiger partial charge in [0.15, 0.2) is 5.76 Å². The Morgan fingerprint density at radius 1 is 1.20 bits per heavy atom. The van der Waals surface area contributed by atoms with Crippen LogP contribution >= 0.6 is 0 Å². The van der Waals surface area contributed by atoms with Crippen LogP contribution in [0.3, 0.4) is 0 Å². The van der Waals surface area contributed by atoms with Gasteiger partial charge in [-0.05, 0) is 30.3 Å². The SMILES string of the molecule is O=C(NCCn1nc(-c2ccco2)ccc1=O)c1ccc(F)cc1F. The molecule has 1 aromatic carbocycles. The minimum Gasteiger partial charge on any atom is -0.463 e. The van der Waals surface area contributed by atoms with Crippen molar-refractivity contribution in [3.8, 4) is 11.5 Å². The van der Waals surface area contributed by atoms with Crippen molar-refractivity contribution >= 4 is 5.91 Å². The Morgan fingerprint density at radius 2 is 2.04 bits per heavy atom. The van der Waals surface area contributed by atoms with Gasteiger partial charge in [-0.2, -0.15) is 5.10 Å². The molecule has 0 atom stereocenters. The summed E-state index contributed by atoms with van der Waals surface area (Å²) in [5.74, 6) is -1.91. The van der Waals surface area contributed by atoms with Gasteiger partial charge in [0.05, 0.1) is 18.4 Å². The maximum Gasteiger partial charge on any atom is 0.266 e. The van der Waals surface area contributed by atoms with Crippen molar-refractivity contribution in [2.24, 2.45) is 0 Å². The lowest BCUT2D eigenvalue weighted by atomic mass is 10.2. The summed E-state index contributed by atoms with van der Waals surface area (Å²) < 4.78 is 32.8. The molecule has 6 nitrogen and oxygen atoms in total. The first kappa shape index (κ1) is 16.6. The second kappa shape index (κ2) is 7.08. The summed E-state index contributed by atoms with van der Waals surface area (Å²) in [7, 11) is 0. The summed E-state index contributed by atoms with van der Waals surface area (Å²) >= 11 is 0. The van der Waals surface area contributed by atoms with Crippen LogP contribution in [-0.2, 0) is 6.54 Å². The fraction of sp³-hybridized carbons (Fsp3) is 0.118. The molecule has 0 radical (unpaired) electrons. The topological polar surface area (TPSA) is 77.1 Å². The molecule has 25 heavy (non-hydrogen) atoms. The van der Waals surface area contributed by atoms with Crippen LogP contribution in [-0.4, -0.2) is 22.2 Å². The van der Waals surface area contributed by atoms with Gasteiger partial charge in [0.2, 0.25) is 0 Å². The molecule has 0 aliphatic rings. The highest BCUT2D eigenvalue weighted by Crippen LogP contribution is 2.15. The van der Waals surface area contributed by atoms with Crippen LogP contribution in [0.15, 0.2) is 57.9 Å². The fourth-order valence-corrected chi connectivity index (χ4v) is 2.21. The Balaban J connectivity index is 1.67. The molecule has 8 heteroatoms. The molecule has 0 saturated heterocycles. The predicted octanol–water partition coefficient (Wildman–Crippen LogP) is 2.21. The van der Waals surface area contributed by atoms with Gasteiger partial charge >= 0.3 is 0 Å². The highest BCUT2D eigenvalue weighted by atomic mass is 19.1. The van der Waals surface area contributed by atoms with Gasteiger partial charge in [0.1, 0.15) is 17.3 Å². The molecule has 0 bridgehead atoms. The van der Waals surface area contributed by atoms with Crippen LogP contribution in [0, 0.1) is 11.6 Å². The van der Waals surface area contributed by atoms with E-state index in [1.807, 2.05) is 0 Å². The van der Waals surface area contributed by atoms with Crippen LogP contribution in [0.5, 0.6) is 0 Å². The number of aromatic nitrogens is 2. The molecule has 0 unspecified atom stereocenters. The number of carbonyl (C=O) groups excluding carboxylic acids is 1. The lowest BCUT2D eigenvalue weighted by Crippen LogP contribution is -2.32. The van der Waals surface area contributed by atoms with E-state index in [9.17, 15) is 18.4 Å². The molecule has 2 aromatic heterocycles. The quantitative estimate of drug-likeness (QED) is 0.769. The first-order chi connectivity index (χ1) is 12.0. The van der Waals surface area contributed by atoms with Crippen molar-refractivity contribution in [2.45, 2.75) is 6.54 Å². The van der Waals surface area contributed by atoms with E-state index in [1.165, 1.54) is 23.1 Å². The molecule has 0 aliphatic carbocycles. The number of benzene rings is 1. The number of carbonyl (C=O) groups is 1. The van der Waals surface area contributed by atoms with Crippen molar-refractivity contribution < 1.29 is 18.0 Å². The standard InChI is InChI=1S/C17H13F2N3O3/c18-11-3-4-12(13(19)10-11)17(24)20-7-8-22-16(23)6-5-14(21-22)15-2-1-9-25-15/h1-6,9-10H,7-8H2,(H,20,24). The number of nitrogens with one attached hydrogen (secondary N) is 1. The number of hydrogen-bond acceptors (Lipinski definition) is 4. The highest BCUT2D eigenvalue weighted by molar-refractivity contribution is 5.94. The number of nitrogens with zero attached hydrogens (tertiary/aromatic N) is 2. The zero-order chi connectivity index (χ0) is 17.8. The van der Waals surface area contributed by atoms with E-state index < -0.39 is 17.5 Å². The number of hydrogen-bond donors (Lipinski definition) is 1. The van der Waals surface area contributed by atoms with Gasteiger partial charge in [-0.15, -0.1) is 0 Å². The summed E-state index contributed by atoms with van der Waals surface area (Å²) in [6, 6.07) is 8.96. The first-order valence-corrected chi connectivity index (χ1v) is 7.40. The van der Waals surface area contributed by atoms with E-state index >= 15 is 0 Å². The molecular weight excluding hydrogens is 332 g/mol. The van der Waals surface area contributed by atoms with Crippen LogP contribution in [0.1, 0.15) is 10.4 Å². The lowest BCUT2D eigenvalue weighted by Gasteiger charge is -2.08. The maximum atomic E-state index is 13.5. The number of furan rings is 1. The third kappa shape index (κ3) is 3.79. The lowest BCUT2D eigenvalue weighted by molar-refractivity contribution is 0.0947. The molecule has 1 amide bonds. The Labute approximate surface area is 140 Å². The molecule has 1 N–H and O–H groups in total. The van der Waals surface area contributed by atoms with E-state index in [0.29, 0.717) is 17.5 Å². The summed E-state index contributed by atoms with van der Waals surface area (Å²) in [5, 5.41) is 6.61. The van der Waals surface area contributed by atoms with Gasteiger partial charge < -0.3 is 9.73 Å². The van der Waals surface area contributed by atoms with Gasteiger partial charge in [-0.1, -0.05) is 0 Å². The first-order valence-electron chi connectivity index (χ1n) is 7.40. The third-order valence-corrected chi connectivity index (χ3v) is 3.43. The monoisotopic (exact) mass is 345 g/mol. The van der Waals surface area contributed by atoms with Crippen LogP contribution in [0.2, 0.25) is 0 Å². The third-order valence-electron chi connectivity index (χ3n) is 3.43. The molecule has 3 rings (SSSR count). The van der Waals surface area contributed by atoms with Crippen molar-refractivity contribution in [3.63, 3.8) is 0 Å². The Bertz CT molecular complexity index is 952. The Kier molecular flexibility index (Phi) is 4.69. The number of rotatable bonds is 5. The Morgan fingerprint density at radius 3 is 2.76 bits per heavy atom. The molecule has 0 aliphatic heterocycles. The van der Waals surface area contributed by atoms with Gasteiger partial charge in [0.25, 0.3) is 11.5 Å². The van der Waals surface area contributed by atoms with Gasteiger partial charge in [-0.25, -0.2) is 13.5 Å². The van der Waals surface area contributed by atoms with Crippen LogP contribution < -0.4 is 10.9 Å². The Hall–Kier alpha value is -3.29. The minimum absolute atomic E-state index is 0.0458. The minimum atomic E-state index is -0.951. The van der Waals surface area contributed by atoms with E-state index in [-0.39, 0.29) is 24.2 Å². The van der Waals surface area contributed by atoms with Crippen molar-refractivity contribution in [1.29, 1.82) is 0 Å². The molecule has 3 aromatic rings. The fourth-order valence-electron chi connectivity index (χ4n) is 2.21. The second-order valence-corrected chi connectivity index (χ2v) is 5.14. The smallest absolute Gasteiger partial charge is 0.266 e. The van der Waals surface area contributed by atoms with Crippen molar-refractivity contribution in [1.82, 2.24) is 15.1 Å². The van der Waals surface area contributed by atoms with Crippen molar-refractivity contribution in [3.05, 3.63) is 76.3 Å². The number of amides is 1. The summed E-state index contributed by atoms with van der Waals surface area (Å²) in [6.45, 7) is 0.131. The second-order valence-electron chi connectivity index (χ2n) is 5.14. The van der Waals surface area contributed by atoms with Crippen molar-refractivity contribution in [2.75, 3.05) is 6.54 Å². The zero-order valence-corrected chi connectivity index (χ0v) is 12.9. The normalized spacial score (nSPS) is 10.6. The van der Waals surface area contributed by atoms with E-state index in [2.05, 4.69) is 10.4 Å². The summed E-state index contributed by atoms with van der Waals surface area (Å²) in [5.41, 5.74) is -0.149. The van der Waals surface area contributed by atoms with E-state index in [0.717, 1.165) is 12.1 Å². The molecule has 0 spiro atoms. The van der Waals surface area contributed by atoms with Gasteiger partial charge in [0, 0.05) is 18.7 Å².